The number of hydrogen-bond donors (Lipinski definition) is 21. The van der Waals surface area contributed by atoms with Crippen molar-refractivity contribution < 1.29 is 109 Å². The maximum Gasteiger partial charge on any atom is 0.328 e. The minimum Gasteiger partial charge on any atom is -0.507 e. The molecule has 19 atom stereocenters. The van der Waals surface area contributed by atoms with E-state index in [1.165, 1.54) is 18.2 Å². The Kier molecular flexibility index (Phi) is 28.8. The number of hydrogen-bond acceptors (Lipinski definition) is 25. The molecule has 96 heavy (non-hydrogen) atoms. The van der Waals surface area contributed by atoms with Gasteiger partial charge >= 0.3 is 5.97 Å². The SMILES string of the molecule is C[C@@H](O)[C@@H]1NC(=O)[C@H](CCCCN)NC(=O)[C@@H](Cc2c[nH]c3ccccc23)NC(=O)[C@H](Cc2ccc(O)c([123I])c2)NC(=O)[C@@H](NC(=O)[C@@H](Cc2ccccc2)NC[C@@]2(O)OC[C@@H](O)[C@@H](O[C@H]3O[C@H](CO)[C@@H](O)[C@H](O)[C@H]3O)[C@@H]2O)CSSC[C@@H](C(=O)N[C@@H](C(=O)O)[C@@H](C)O)NC1=O. The van der Waals surface area contributed by atoms with Crippen LogP contribution >= 0.6 is 44.2 Å². The van der Waals surface area contributed by atoms with Crippen molar-refractivity contribution in [2.45, 2.75) is 168 Å². The lowest BCUT2D eigenvalue weighted by molar-refractivity contribution is -0.367. The maximum atomic E-state index is 15.3. The number of halogens is 1. The number of aliphatic hydroxyl groups excluding tert-OH is 8. The van der Waals surface area contributed by atoms with E-state index in [1.54, 1.807) is 60.8 Å². The number of carboxylic acid groups (broad SMARTS) is 1. The molecule has 0 aliphatic carbocycles. The molecule has 7 rings (SSSR count). The van der Waals surface area contributed by atoms with Crippen molar-refractivity contribution in [2.24, 2.45) is 5.73 Å². The summed E-state index contributed by atoms with van der Waals surface area (Å²) in [4.78, 5) is 119. The second kappa shape index (κ2) is 35.9. The Morgan fingerprint density at radius 3 is 2.11 bits per heavy atom. The summed E-state index contributed by atoms with van der Waals surface area (Å²) in [6, 6.07) is 6.39. The number of aromatic hydroxyl groups is 1. The van der Waals surface area contributed by atoms with Crippen LogP contribution < -0.4 is 48.3 Å². The number of unbranched alkanes of at least 4 members (excludes halogenated alkanes) is 1. The molecule has 3 aliphatic heterocycles. The molecule has 4 aromatic rings. The summed E-state index contributed by atoms with van der Waals surface area (Å²) >= 11 is 1.86. The molecular weight excluding hydrogens is 1410 g/mol. The van der Waals surface area contributed by atoms with Gasteiger partial charge in [0.2, 0.25) is 47.1 Å². The molecule has 3 aromatic carbocycles. The minimum absolute atomic E-state index is 0.0941. The highest BCUT2D eigenvalue weighted by atomic mass is 123. The fourth-order valence-electron chi connectivity index (χ4n) is 10.8. The number of carbonyl (C=O) groups excluding carboxylic acids is 7. The number of carboxylic acids is 1. The molecular formula is C61H83IN10O22S2. The monoisotopic (exact) mass is 1490 g/mol. The molecule has 528 valence electrons. The molecule has 0 unspecified atom stereocenters. The number of aliphatic carboxylic acids is 1. The van der Waals surface area contributed by atoms with E-state index >= 15 is 14.4 Å². The van der Waals surface area contributed by atoms with Crippen molar-refractivity contribution in [1.29, 1.82) is 0 Å². The average molecular weight is 1500 g/mol. The van der Waals surface area contributed by atoms with Gasteiger partial charge in [-0.3, -0.25) is 33.6 Å². The standard InChI is InChI=1S/C61H83IN10O22S2/c1-28(74)45-58(88)70-41(57(87)72-46(29(2)75)59(89)90)26-96-95-25-40(69-53(83)37(19-30-10-4-3-5-11-30)65-27-61(91)51(81)50(43(77)24-92-61)94-60-49(80)48(79)47(78)44(23-73)93-60)56(86)67-38(20-31-15-16-42(76)34(62)18-31)54(84)68-39(21-32-22-64-35-13-7-6-12-33(32)35)55(85)66-36(52(82)71-45)14-8-9-17-63/h3-7,10-13,15-16,18,22,28-29,36-41,43-51,60,64-65,73-81,91H,8-9,14,17,19-21,23-27,63H2,1-2H3,(H,66,85)(H,67,86)(H,68,84)(H,69,83)(H,70,88)(H,71,82)(H,72,87)(H,89,90)/t28-,29-,36+,37-,38+,39-,40+,41+,43-,44-,45+,46-,47-,48+,49-,50-,51+,60-,61-/m1/s1/i62-4. The van der Waals surface area contributed by atoms with Gasteiger partial charge in [-0.15, -0.1) is 0 Å². The molecule has 32 nitrogen and oxygen atoms in total. The van der Waals surface area contributed by atoms with E-state index in [4.69, 9.17) is 19.9 Å². The second-order valence-electron chi connectivity index (χ2n) is 23.6. The molecule has 0 spiro atoms. The van der Waals surface area contributed by atoms with Crippen LogP contribution in [0.1, 0.15) is 49.8 Å². The Morgan fingerprint density at radius 1 is 0.792 bits per heavy atom. The summed E-state index contributed by atoms with van der Waals surface area (Å²) in [5.41, 5.74) is 7.90. The lowest BCUT2D eigenvalue weighted by Gasteiger charge is -2.47. The molecule has 4 heterocycles. The third-order valence-electron chi connectivity index (χ3n) is 16.3. The van der Waals surface area contributed by atoms with Crippen LogP contribution in [-0.2, 0) is 71.8 Å². The molecule has 0 bridgehead atoms. The predicted octanol–water partition coefficient (Wildman–Crippen LogP) is -5.15. The fourth-order valence-corrected chi connectivity index (χ4v) is 13.7. The van der Waals surface area contributed by atoms with Gasteiger partial charge < -0.3 is 124 Å². The number of ether oxygens (including phenoxy) is 3. The topological polar surface area (TPSA) is 525 Å². The van der Waals surface area contributed by atoms with Gasteiger partial charge in [-0.05, 0) is 104 Å². The number of aromatic nitrogens is 1. The number of benzene rings is 3. The van der Waals surface area contributed by atoms with Crippen LogP contribution in [0.4, 0.5) is 0 Å². The van der Waals surface area contributed by atoms with E-state index in [0.717, 1.165) is 35.4 Å². The summed E-state index contributed by atoms with van der Waals surface area (Å²) in [6.45, 7) is -0.0138. The zero-order valence-corrected chi connectivity index (χ0v) is 55.9. The highest BCUT2D eigenvalue weighted by molar-refractivity contribution is 14.1. The van der Waals surface area contributed by atoms with Gasteiger partial charge in [-0.25, -0.2) is 4.79 Å². The molecule has 7 amide bonds. The van der Waals surface area contributed by atoms with Crippen molar-refractivity contribution in [3.63, 3.8) is 0 Å². The number of aromatic amines is 1. The van der Waals surface area contributed by atoms with Crippen LogP contribution in [0.2, 0.25) is 0 Å². The molecule has 3 aliphatic rings. The number of fused-ring (bicyclic) bond motifs is 1. The van der Waals surface area contributed by atoms with Crippen molar-refractivity contribution in [2.75, 3.05) is 37.8 Å². The minimum atomic E-state index is -2.74. The van der Waals surface area contributed by atoms with Gasteiger partial charge in [-0.1, -0.05) is 76.2 Å². The average Bonchev–Trinajstić information content (AvgIpc) is 0.969. The van der Waals surface area contributed by atoms with Crippen molar-refractivity contribution in [3.8, 4) is 5.75 Å². The smallest absolute Gasteiger partial charge is 0.328 e. The first-order valence-electron chi connectivity index (χ1n) is 30.8. The van der Waals surface area contributed by atoms with Crippen LogP contribution in [0.5, 0.6) is 5.75 Å². The first-order valence-corrected chi connectivity index (χ1v) is 34.3. The Hall–Kier alpha value is -6.37. The van der Waals surface area contributed by atoms with E-state index in [2.05, 4.69) is 47.5 Å². The second-order valence-corrected chi connectivity index (χ2v) is 27.3. The fraction of sp³-hybridized carbons (Fsp3) is 0.541. The quantitative estimate of drug-likeness (QED) is 0.0188. The summed E-state index contributed by atoms with van der Waals surface area (Å²) in [6.07, 6.45) is -16.9. The maximum absolute atomic E-state index is 15.3. The molecule has 35 heteroatoms. The number of amides is 7. The van der Waals surface area contributed by atoms with Gasteiger partial charge in [-0.2, -0.15) is 0 Å². The Balaban J connectivity index is 1.27. The number of phenols is 1. The van der Waals surface area contributed by atoms with Crippen molar-refractivity contribution in [1.82, 2.24) is 47.5 Å². The summed E-state index contributed by atoms with van der Waals surface area (Å²) < 4.78 is 17.0. The summed E-state index contributed by atoms with van der Waals surface area (Å²) in [5.74, 6) is -12.7. The van der Waals surface area contributed by atoms with Crippen molar-refractivity contribution in [3.05, 3.63) is 99.3 Å². The Bertz CT molecular complexity index is 3310. The third-order valence-corrected chi connectivity index (χ3v) is 19.6. The van der Waals surface area contributed by atoms with Crippen molar-refractivity contribution >= 4 is 102 Å². The van der Waals surface area contributed by atoms with Gasteiger partial charge in [0.1, 0.15) is 84.7 Å². The van der Waals surface area contributed by atoms with Crippen LogP contribution in [0.3, 0.4) is 0 Å². The van der Waals surface area contributed by atoms with E-state index < -0.39 is 194 Å². The molecule has 22 N–H and O–H groups in total. The largest absolute Gasteiger partial charge is 0.507 e. The number of carbonyl (C=O) groups is 8. The van der Waals surface area contributed by atoms with Crippen LogP contribution in [-0.4, -0.2) is 262 Å². The molecule has 0 radical (unpaired) electrons. The molecule has 1 aromatic heterocycles. The van der Waals surface area contributed by atoms with E-state index in [-0.39, 0.29) is 44.4 Å². The lowest BCUT2D eigenvalue weighted by Crippen LogP contribution is -2.68. The van der Waals surface area contributed by atoms with Gasteiger partial charge in [0.15, 0.2) is 12.3 Å². The summed E-state index contributed by atoms with van der Waals surface area (Å²) in [7, 11) is 1.62. The van der Waals surface area contributed by atoms with E-state index in [0.29, 0.717) is 37.6 Å². The zero-order valence-electron chi connectivity index (χ0n) is 52.1. The first-order chi connectivity index (χ1) is 45.6. The van der Waals surface area contributed by atoms with E-state index in [1.807, 2.05) is 22.6 Å². The number of nitrogens with two attached hydrogens (primary N) is 1. The van der Waals surface area contributed by atoms with Crippen LogP contribution in [0.15, 0.2) is 79.0 Å². The molecule has 3 fully saturated rings. The van der Waals surface area contributed by atoms with Gasteiger partial charge in [0.05, 0.1) is 41.6 Å². The predicted molar refractivity (Wildman–Crippen MR) is 352 cm³/mol. The van der Waals surface area contributed by atoms with Crippen LogP contribution in [0, 0.1) is 3.57 Å². The molecule has 0 saturated carbocycles. The third kappa shape index (κ3) is 20.6. The number of rotatable bonds is 23. The number of nitrogens with one attached hydrogen (secondary N) is 9. The van der Waals surface area contributed by atoms with Crippen LogP contribution in [0.25, 0.3) is 10.9 Å². The first kappa shape index (κ1) is 77.0. The number of para-hydroxylation sites is 1. The zero-order chi connectivity index (χ0) is 70.1. The highest BCUT2D eigenvalue weighted by Crippen LogP contribution is 2.31. The Morgan fingerprint density at radius 2 is 1.45 bits per heavy atom. The number of aliphatic hydroxyl groups is 9. The number of phenolic OH excluding ortho intramolecular Hbond substituents is 1. The summed E-state index contributed by atoms with van der Waals surface area (Å²) in [5, 5.41) is 139. The lowest BCUT2D eigenvalue weighted by atomic mass is 9.95. The normalized spacial score (nSPS) is 29.7. The Labute approximate surface area is 571 Å². The highest BCUT2D eigenvalue weighted by Gasteiger charge is 2.53. The van der Waals surface area contributed by atoms with Gasteiger partial charge in [0.25, 0.3) is 0 Å². The van der Waals surface area contributed by atoms with E-state index in [9.17, 15) is 80.1 Å². The van der Waals surface area contributed by atoms with Gasteiger partial charge in [0, 0.05) is 41.4 Å². The number of H-pyrrole nitrogens is 1. The molecule has 3 saturated heterocycles.